The third kappa shape index (κ3) is 4.43. The molecule has 0 aromatic rings. The van der Waals surface area contributed by atoms with E-state index in [0.29, 0.717) is 0 Å². The van der Waals surface area contributed by atoms with Crippen LogP contribution >= 0.6 is 0 Å². The number of carboxylic acids is 2. The lowest BCUT2D eigenvalue weighted by molar-refractivity contribution is -0.141. The Morgan fingerprint density at radius 3 is 2.45 bits per heavy atom. The van der Waals surface area contributed by atoms with Crippen molar-refractivity contribution < 1.29 is 39.5 Å². The zero-order valence-electron chi connectivity index (χ0n) is 12.0. The van der Waals surface area contributed by atoms with E-state index in [9.17, 15) is 24.6 Å². The highest BCUT2D eigenvalue weighted by atomic mass is 16.5. The molecular weight excluding hydrogens is 298 g/mol. The minimum Gasteiger partial charge on any atom is -0.491 e. The molecule has 0 heterocycles. The van der Waals surface area contributed by atoms with Crippen molar-refractivity contribution in [2.24, 2.45) is 0 Å². The van der Waals surface area contributed by atoms with Gasteiger partial charge in [-0.3, -0.25) is 9.59 Å². The number of ether oxygens (including phenoxy) is 1. The highest BCUT2D eigenvalue weighted by Gasteiger charge is 2.40. The van der Waals surface area contributed by atoms with Gasteiger partial charge in [0.2, 0.25) is 5.78 Å². The largest absolute Gasteiger partial charge is 0.491 e. The van der Waals surface area contributed by atoms with Crippen LogP contribution in [0.2, 0.25) is 0 Å². The second-order valence-corrected chi connectivity index (χ2v) is 5.14. The van der Waals surface area contributed by atoms with E-state index in [1.807, 2.05) is 0 Å². The molecule has 0 saturated carbocycles. The van der Waals surface area contributed by atoms with Gasteiger partial charge in [-0.15, -0.1) is 0 Å². The summed E-state index contributed by atoms with van der Waals surface area (Å²) in [5.41, 5.74) is -1.66. The van der Waals surface area contributed by atoms with Crippen molar-refractivity contribution in [1.82, 2.24) is 5.32 Å². The average Bonchev–Trinajstić information content (AvgIpc) is 2.42. The molecular formula is C13H19NO8. The molecule has 5 N–H and O–H groups in total. The molecule has 1 aliphatic rings. The summed E-state index contributed by atoms with van der Waals surface area (Å²) in [5, 5.41) is 39.5. The average molecular weight is 317 g/mol. The summed E-state index contributed by atoms with van der Waals surface area (Å²) in [7, 11) is 1.23. The van der Waals surface area contributed by atoms with Crippen LogP contribution in [0.15, 0.2) is 11.5 Å². The summed E-state index contributed by atoms with van der Waals surface area (Å²) in [6.07, 6.45) is -1.13. The van der Waals surface area contributed by atoms with E-state index < -0.39 is 36.0 Å². The molecule has 0 amide bonds. The number of rotatable bonds is 8. The Balaban J connectivity index is 2.99. The number of Topliss-reactive ketones (excluding diaryl/α,β-unsaturated/α-hetero) is 1. The van der Waals surface area contributed by atoms with Gasteiger partial charge in [0.25, 0.3) is 0 Å². The van der Waals surface area contributed by atoms with E-state index in [1.165, 1.54) is 7.11 Å². The molecule has 9 heteroatoms. The number of aliphatic hydroxyl groups is 2. The van der Waals surface area contributed by atoms with Gasteiger partial charge in [-0.1, -0.05) is 0 Å². The topological polar surface area (TPSA) is 153 Å². The summed E-state index contributed by atoms with van der Waals surface area (Å²) in [6.45, 7) is -0.673. The number of ketones is 1. The van der Waals surface area contributed by atoms with Gasteiger partial charge >= 0.3 is 11.9 Å². The van der Waals surface area contributed by atoms with Crippen molar-refractivity contribution in [1.29, 1.82) is 0 Å². The van der Waals surface area contributed by atoms with Crippen molar-refractivity contribution in [3.8, 4) is 0 Å². The molecule has 1 aliphatic carbocycles. The number of hydrogen-bond acceptors (Lipinski definition) is 7. The monoisotopic (exact) mass is 317 g/mol. The second kappa shape index (κ2) is 7.23. The lowest BCUT2D eigenvalue weighted by Gasteiger charge is -2.33. The molecule has 0 saturated heterocycles. The molecule has 9 nitrogen and oxygen atoms in total. The van der Waals surface area contributed by atoms with E-state index in [1.54, 1.807) is 0 Å². The van der Waals surface area contributed by atoms with Gasteiger partial charge in [0.15, 0.2) is 5.76 Å². The molecule has 0 bridgehead atoms. The van der Waals surface area contributed by atoms with Crippen LogP contribution in [0.25, 0.3) is 0 Å². The van der Waals surface area contributed by atoms with Gasteiger partial charge in [0, 0.05) is 19.3 Å². The molecule has 2 atom stereocenters. The Hall–Kier alpha value is -2.13. The Kier molecular flexibility index (Phi) is 5.89. The first-order chi connectivity index (χ1) is 10.2. The number of carbonyl (C=O) groups excluding carboxylic acids is 1. The number of methoxy groups -OCH3 is 1. The Morgan fingerprint density at radius 1 is 1.36 bits per heavy atom. The summed E-state index contributed by atoms with van der Waals surface area (Å²) in [5.74, 6) is -3.15. The lowest BCUT2D eigenvalue weighted by Crippen LogP contribution is -2.46. The predicted molar refractivity (Wildman–Crippen MR) is 71.7 cm³/mol. The number of carboxylic acid groups (broad SMARTS) is 2. The highest BCUT2D eigenvalue weighted by molar-refractivity contribution is 5.96. The Labute approximate surface area is 126 Å². The van der Waals surface area contributed by atoms with Crippen LogP contribution in [0.3, 0.4) is 0 Å². The van der Waals surface area contributed by atoms with E-state index in [0.717, 1.165) is 0 Å². The Morgan fingerprint density at radius 2 is 2.00 bits per heavy atom. The predicted octanol–water partition coefficient (Wildman–Crippen LogP) is -1.16. The number of nitrogens with one attached hydrogen (secondary N) is 1. The van der Waals surface area contributed by atoms with Crippen molar-refractivity contribution in [3.63, 3.8) is 0 Å². The van der Waals surface area contributed by atoms with Gasteiger partial charge < -0.3 is 30.5 Å². The summed E-state index contributed by atoms with van der Waals surface area (Å²) < 4.78 is 4.93. The molecule has 0 aliphatic heterocycles. The molecule has 0 spiro atoms. The lowest BCUT2D eigenvalue weighted by atomic mass is 9.85. The minimum atomic E-state index is -1.70. The number of aliphatic hydroxyl groups excluding tert-OH is 1. The second-order valence-electron chi connectivity index (χ2n) is 5.14. The molecule has 1 unspecified atom stereocenters. The zero-order valence-corrected chi connectivity index (χ0v) is 12.0. The summed E-state index contributed by atoms with van der Waals surface area (Å²) in [6, 6.07) is -1.26. The van der Waals surface area contributed by atoms with E-state index in [4.69, 9.17) is 14.9 Å². The number of aliphatic carboxylic acids is 2. The van der Waals surface area contributed by atoms with Crippen LogP contribution in [-0.4, -0.2) is 63.5 Å². The number of allylic oxidation sites excluding steroid dienone is 1. The summed E-state index contributed by atoms with van der Waals surface area (Å²) in [4.78, 5) is 33.6. The highest BCUT2D eigenvalue weighted by Crippen LogP contribution is 2.29. The molecule has 1 rings (SSSR count). The normalized spacial score (nSPS) is 23.1. The van der Waals surface area contributed by atoms with Crippen LogP contribution in [-0.2, 0) is 19.1 Å². The van der Waals surface area contributed by atoms with Crippen molar-refractivity contribution in [2.75, 3.05) is 13.7 Å². The van der Waals surface area contributed by atoms with Gasteiger partial charge in [-0.2, -0.15) is 0 Å². The molecule has 0 aromatic carbocycles. The van der Waals surface area contributed by atoms with Crippen LogP contribution in [0.4, 0.5) is 0 Å². The standard InChI is InChI=1S/C13H19NO8/c1-22-11-8(4-13(21,6-15)5-9(11)16)14-7(12(19)20)2-3-10(17)18/h7,14-15,21H,2-6H2,1H3,(H,17,18)(H,19,20)/t7-,13?/m0/s1. The first-order valence-electron chi connectivity index (χ1n) is 6.57. The van der Waals surface area contributed by atoms with Crippen LogP contribution in [0, 0.1) is 0 Å². The smallest absolute Gasteiger partial charge is 0.326 e. The van der Waals surface area contributed by atoms with Crippen LogP contribution < -0.4 is 5.32 Å². The van der Waals surface area contributed by atoms with Crippen LogP contribution in [0.5, 0.6) is 0 Å². The van der Waals surface area contributed by atoms with Gasteiger partial charge in [-0.05, 0) is 6.42 Å². The minimum absolute atomic E-state index is 0.0353. The van der Waals surface area contributed by atoms with Crippen molar-refractivity contribution >= 4 is 17.7 Å². The fourth-order valence-electron chi connectivity index (χ4n) is 2.22. The van der Waals surface area contributed by atoms with E-state index in [2.05, 4.69) is 5.32 Å². The maximum Gasteiger partial charge on any atom is 0.326 e. The number of hydrogen-bond donors (Lipinski definition) is 5. The third-order valence-electron chi connectivity index (χ3n) is 3.31. The van der Waals surface area contributed by atoms with E-state index in [-0.39, 0.29) is 37.1 Å². The zero-order chi connectivity index (χ0) is 16.9. The van der Waals surface area contributed by atoms with Crippen molar-refractivity contribution in [3.05, 3.63) is 11.5 Å². The molecule has 22 heavy (non-hydrogen) atoms. The fourth-order valence-corrected chi connectivity index (χ4v) is 2.22. The van der Waals surface area contributed by atoms with Crippen LogP contribution in [0.1, 0.15) is 25.7 Å². The summed E-state index contributed by atoms with van der Waals surface area (Å²) >= 11 is 0. The van der Waals surface area contributed by atoms with Gasteiger partial charge in [0.05, 0.1) is 19.4 Å². The quantitative estimate of drug-likeness (QED) is 0.373. The first kappa shape index (κ1) is 17.9. The third-order valence-corrected chi connectivity index (χ3v) is 3.31. The fraction of sp³-hybridized carbons (Fsp3) is 0.615. The molecule has 0 aromatic heterocycles. The first-order valence-corrected chi connectivity index (χ1v) is 6.57. The van der Waals surface area contributed by atoms with Gasteiger partial charge in [-0.25, -0.2) is 4.79 Å². The van der Waals surface area contributed by atoms with Gasteiger partial charge in [0.1, 0.15) is 11.6 Å². The maximum atomic E-state index is 11.9. The van der Waals surface area contributed by atoms with E-state index >= 15 is 0 Å². The molecule has 124 valence electrons. The SMILES string of the molecule is COC1=C(N[C@@H](CCC(=O)O)C(=O)O)CC(O)(CO)CC1=O. The molecule has 0 radical (unpaired) electrons. The van der Waals surface area contributed by atoms with Crippen molar-refractivity contribution in [2.45, 2.75) is 37.3 Å². The Bertz CT molecular complexity index is 500. The number of carbonyl (C=O) groups is 3. The maximum absolute atomic E-state index is 11.9. The molecule has 0 fully saturated rings.